The fraction of sp³-hybridized carbons (Fsp3) is 0.611. The van der Waals surface area contributed by atoms with Crippen molar-refractivity contribution in [2.45, 2.75) is 43.8 Å². The Morgan fingerprint density at radius 3 is 2.46 bits per heavy atom. The van der Waals surface area contributed by atoms with Crippen LogP contribution < -0.4 is 5.32 Å². The van der Waals surface area contributed by atoms with Gasteiger partial charge in [-0.05, 0) is 50.3 Å². The molecule has 1 saturated heterocycles. The molecule has 2 atom stereocenters. The molecule has 0 bridgehead atoms. The predicted molar refractivity (Wildman–Crippen MR) is 85.6 cm³/mol. The summed E-state index contributed by atoms with van der Waals surface area (Å²) in [6, 6.07) is 9.19. The standard InChI is InChI=1S/C18H23F3N2O/c19-18(20,21)17(24)23(11-8-13-6-9-22-10-7-13)16-12-15(16)14-4-2-1-3-5-14/h1-5,13,15-16,22H,6-12H2. The summed E-state index contributed by atoms with van der Waals surface area (Å²) in [5.74, 6) is -1.24. The highest BCUT2D eigenvalue weighted by Crippen LogP contribution is 2.46. The zero-order valence-electron chi connectivity index (χ0n) is 13.6. The van der Waals surface area contributed by atoms with E-state index in [1.807, 2.05) is 30.3 Å². The average Bonchev–Trinajstić information content (AvgIpc) is 3.36. The first kappa shape index (κ1) is 17.3. The van der Waals surface area contributed by atoms with Gasteiger partial charge in [-0.1, -0.05) is 30.3 Å². The molecule has 1 aromatic carbocycles. The molecular formula is C18H23F3N2O. The molecule has 1 aliphatic heterocycles. The molecule has 0 radical (unpaired) electrons. The van der Waals surface area contributed by atoms with E-state index in [1.54, 1.807) is 0 Å². The third-order valence-corrected chi connectivity index (χ3v) is 5.13. The van der Waals surface area contributed by atoms with Crippen LogP contribution in [0.25, 0.3) is 0 Å². The first-order valence-corrected chi connectivity index (χ1v) is 8.60. The van der Waals surface area contributed by atoms with Crippen molar-refractivity contribution in [2.75, 3.05) is 19.6 Å². The zero-order valence-corrected chi connectivity index (χ0v) is 13.6. The lowest BCUT2D eigenvalue weighted by Crippen LogP contribution is -2.44. The van der Waals surface area contributed by atoms with Gasteiger partial charge in [0, 0.05) is 18.5 Å². The maximum absolute atomic E-state index is 13.0. The number of amides is 1. The highest BCUT2D eigenvalue weighted by Gasteiger charge is 2.51. The summed E-state index contributed by atoms with van der Waals surface area (Å²) in [6.07, 6.45) is -1.57. The van der Waals surface area contributed by atoms with Gasteiger partial charge in [0.15, 0.2) is 0 Å². The Hall–Kier alpha value is -1.56. The second kappa shape index (κ2) is 7.13. The molecule has 2 aliphatic rings. The molecule has 24 heavy (non-hydrogen) atoms. The lowest BCUT2D eigenvalue weighted by molar-refractivity contribution is -0.186. The Bertz CT molecular complexity index is 555. The summed E-state index contributed by atoms with van der Waals surface area (Å²) >= 11 is 0. The minimum Gasteiger partial charge on any atom is -0.331 e. The van der Waals surface area contributed by atoms with Crippen LogP contribution in [0.15, 0.2) is 30.3 Å². The van der Waals surface area contributed by atoms with E-state index in [1.165, 1.54) is 0 Å². The maximum atomic E-state index is 13.0. The topological polar surface area (TPSA) is 32.3 Å². The van der Waals surface area contributed by atoms with E-state index in [2.05, 4.69) is 5.32 Å². The minimum absolute atomic E-state index is 0.0329. The number of nitrogens with zero attached hydrogens (tertiary/aromatic N) is 1. The van der Waals surface area contributed by atoms with Gasteiger partial charge in [-0.3, -0.25) is 4.79 Å². The first-order chi connectivity index (χ1) is 11.5. The molecule has 6 heteroatoms. The number of alkyl halides is 3. The van der Waals surface area contributed by atoms with Gasteiger partial charge in [-0.2, -0.15) is 13.2 Å². The minimum atomic E-state index is -4.79. The Labute approximate surface area is 140 Å². The number of benzene rings is 1. The highest BCUT2D eigenvalue weighted by molar-refractivity contribution is 5.82. The Morgan fingerprint density at radius 1 is 1.17 bits per heavy atom. The molecule has 3 rings (SSSR count). The van der Waals surface area contributed by atoms with E-state index in [9.17, 15) is 18.0 Å². The summed E-state index contributed by atoms with van der Waals surface area (Å²) in [6.45, 7) is 2.03. The van der Waals surface area contributed by atoms with Gasteiger partial charge in [0.2, 0.25) is 0 Å². The van der Waals surface area contributed by atoms with Gasteiger partial charge >= 0.3 is 12.1 Å². The van der Waals surface area contributed by atoms with Gasteiger partial charge in [-0.25, -0.2) is 0 Å². The lowest BCUT2D eigenvalue weighted by Gasteiger charge is -2.28. The average molecular weight is 340 g/mol. The van der Waals surface area contributed by atoms with E-state index in [0.717, 1.165) is 36.4 Å². The second-order valence-corrected chi connectivity index (χ2v) is 6.80. The Kier molecular flexibility index (Phi) is 5.13. The van der Waals surface area contributed by atoms with E-state index in [-0.39, 0.29) is 18.5 Å². The predicted octanol–water partition coefficient (Wildman–Crippen LogP) is 3.32. The largest absolute Gasteiger partial charge is 0.471 e. The van der Waals surface area contributed by atoms with Crippen LogP contribution in [-0.4, -0.2) is 42.7 Å². The lowest BCUT2D eigenvalue weighted by atomic mass is 9.94. The third kappa shape index (κ3) is 4.09. The van der Waals surface area contributed by atoms with Crippen molar-refractivity contribution in [3.8, 4) is 0 Å². The van der Waals surface area contributed by atoms with Crippen molar-refractivity contribution in [2.24, 2.45) is 5.92 Å². The normalized spacial score (nSPS) is 24.6. The fourth-order valence-corrected chi connectivity index (χ4v) is 3.66. The van der Waals surface area contributed by atoms with Crippen LogP contribution in [0.1, 0.15) is 37.2 Å². The number of carbonyl (C=O) groups excluding carboxylic acids is 1. The molecule has 1 heterocycles. The number of nitrogens with one attached hydrogen (secondary N) is 1. The molecular weight excluding hydrogens is 317 g/mol. The zero-order chi connectivity index (χ0) is 17.2. The molecule has 1 N–H and O–H groups in total. The number of hydrogen-bond donors (Lipinski definition) is 1. The number of piperidine rings is 1. The smallest absolute Gasteiger partial charge is 0.331 e. The van der Waals surface area contributed by atoms with E-state index in [4.69, 9.17) is 0 Å². The summed E-state index contributed by atoms with van der Waals surface area (Å²) in [5.41, 5.74) is 1.02. The SMILES string of the molecule is O=C(N(CCC1CCNCC1)C1CC1c1ccccc1)C(F)(F)F. The number of carbonyl (C=O) groups is 1. The summed E-state index contributed by atoms with van der Waals surface area (Å²) in [7, 11) is 0. The van der Waals surface area contributed by atoms with E-state index in [0.29, 0.717) is 18.8 Å². The second-order valence-electron chi connectivity index (χ2n) is 6.80. The van der Waals surface area contributed by atoms with Crippen molar-refractivity contribution >= 4 is 5.91 Å². The summed E-state index contributed by atoms with van der Waals surface area (Å²) < 4.78 is 38.9. The van der Waals surface area contributed by atoms with Crippen LogP contribution in [0.5, 0.6) is 0 Å². The van der Waals surface area contributed by atoms with Gasteiger partial charge in [0.1, 0.15) is 0 Å². The molecule has 0 spiro atoms. The molecule has 2 fully saturated rings. The van der Waals surface area contributed by atoms with Gasteiger partial charge in [-0.15, -0.1) is 0 Å². The Balaban J connectivity index is 1.65. The van der Waals surface area contributed by atoms with Crippen molar-refractivity contribution in [3.05, 3.63) is 35.9 Å². The third-order valence-electron chi connectivity index (χ3n) is 5.13. The monoisotopic (exact) mass is 340 g/mol. The molecule has 2 unspecified atom stereocenters. The molecule has 3 nitrogen and oxygen atoms in total. The molecule has 1 amide bonds. The van der Waals surface area contributed by atoms with Gasteiger partial charge < -0.3 is 10.2 Å². The Morgan fingerprint density at radius 2 is 1.83 bits per heavy atom. The van der Waals surface area contributed by atoms with E-state index < -0.39 is 12.1 Å². The van der Waals surface area contributed by atoms with Gasteiger partial charge in [0.25, 0.3) is 0 Å². The van der Waals surface area contributed by atoms with Crippen LogP contribution in [0, 0.1) is 5.92 Å². The molecule has 1 aromatic rings. The summed E-state index contributed by atoms with van der Waals surface area (Å²) in [4.78, 5) is 13.0. The molecule has 1 saturated carbocycles. The van der Waals surface area contributed by atoms with E-state index >= 15 is 0 Å². The maximum Gasteiger partial charge on any atom is 0.471 e. The van der Waals surface area contributed by atoms with Crippen LogP contribution in [0.2, 0.25) is 0 Å². The van der Waals surface area contributed by atoms with Crippen LogP contribution >= 0.6 is 0 Å². The van der Waals surface area contributed by atoms with Crippen LogP contribution in [0.3, 0.4) is 0 Å². The highest BCUT2D eigenvalue weighted by atomic mass is 19.4. The quantitative estimate of drug-likeness (QED) is 0.892. The van der Waals surface area contributed by atoms with Crippen LogP contribution in [0.4, 0.5) is 13.2 Å². The van der Waals surface area contributed by atoms with Crippen molar-refractivity contribution < 1.29 is 18.0 Å². The van der Waals surface area contributed by atoms with Gasteiger partial charge in [0.05, 0.1) is 0 Å². The van der Waals surface area contributed by atoms with Crippen molar-refractivity contribution in [3.63, 3.8) is 0 Å². The number of hydrogen-bond acceptors (Lipinski definition) is 2. The fourth-order valence-electron chi connectivity index (χ4n) is 3.66. The molecule has 1 aliphatic carbocycles. The van der Waals surface area contributed by atoms with Crippen molar-refractivity contribution in [1.29, 1.82) is 0 Å². The summed E-state index contributed by atoms with van der Waals surface area (Å²) in [5, 5.41) is 3.25. The number of rotatable bonds is 5. The number of halogens is 3. The first-order valence-electron chi connectivity index (χ1n) is 8.60. The van der Waals surface area contributed by atoms with Crippen molar-refractivity contribution in [1.82, 2.24) is 10.2 Å². The molecule has 132 valence electrons. The van der Waals surface area contributed by atoms with Crippen LogP contribution in [-0.2, 0) is 4.79 Å². The molecule has 0 aromatic heterocycles.